The molecule has 17 heavy (non-hydrogen) atoms. The average molecular weight is 232 g/mol. The Balaban J connectivity index is 1.82. The molecule has 0 unspecified atom stereocenters. The lowest BCUT2D eigenvalue weighted by Gasteiger charge is -2.09. The van der Waals surface area contributed by atoms with Crippen LogP contribution in [0.25, 0.3) is 0 Å². The van der Waals surface area contributed by atoms with Gasteiger partial charge in [-0.05, 0) is 50.8 Å². The Morgan fingerprint density at radius 1 is 1.29 bits per heavy atom. The Hall–Kier alpha value is -1.31. The van der Waals surface area contributed by atoms with Crippen LogP contribution in [0.5, 0.6) is 5.75 Å². The van der Waals surface area contributed by atoms with Gasteiger partial charge in [-0.15, -0.1) is 0 Å². The number of rotatable bonds is 6. The average Bonchev–Trinajstić information content (AvgIpc) is 3.11. The Bertz CT molecular complexity index is 374. The van der Waals surface area contributed by atoms with Gasteiger partial charge in [0.2, 0.25) is 0 Å². The van der Waals surface area contributed by atoms with Crippen molar-refractivity contribution in [3.8, 4) is 5.75 Å². The van der Waals surface area contributed by atoms with Crippen molar-refractivity contribution in [3.63, 3.8) is 0 Å². The summed E-state index contributed by atoms with van der Waals surface area (Å²) in [6.07, 6.45) is 3.98. The Labute approximate surface area is 103 Å². The third-order valence-electron chi connectivity index (χ3n) is 2.99. The molecule has 1 aromatic carbocycles. The van der Waals surface area contributed by atoms with Gasteiger partial charge in [-0.2, -0.15) is 0 Å². The highest BCUT2D eigenvalue weighted by Crippen LogP contribution is 2.31. The van der Waals surface area contributed by atoms with Gasteiger partial charge < -0.3 is 4.74 Å². The van der Waals surface area contributed by atoms with E-state index in [4.69, 9.17) is 4.74 Å². The van der Waals surface area contributed by atoms with Crippen molar-refractivity contribution in [1.29, 1.82) is 0 Å². The third-order valence-corrected chi connectivity index (χ3v) is 2.99. The van der Waals surface area contributed by atoms with E-state index >= 15 is 0 Å². The first kappa shape index (κ1) is 12.2. The van der Waals surface area contributed by atoms with E-state index in [2.05, 4.69) is 12.1 Å². The van der Waals surface area contributed by atoms with Crippen molar-refractivity contribution in [1.82, 2.24) is 0 Å². The highest BCUT2D eigenvalue weighted by molar-refractivity contribution is 5.83. The first-order valence-electron chi connectivity index (χ1n) is 6.43. The van der Waals surface area contributed by atoms with Crippen molar-refractivity contribution in [2.75, 3.05) is 0 Å². The number of carbonyl (C=O) groups excluding carboxylic acids is 1. The number of hydrogen-bond acceptors (Lipinski definition) is 2. The van der Waals surface area contributed by atoms with Crippen LogP contribution in [0.1, 0.15) is 38.7 Å². The molecule has 0 amide bonds. The molecule has 2 heteroatoms. The number of ether oxygens (including phenoxy) is 1. The van der Waals surface area contributed by atoms with Gasteiger partial charge in [0.05, 0.1) is 6.10 Å². The van der Waals surface area contributed by atoms with E-state index in [0.29, 0.717) is 18.1 Å². The fraction of sp³-hybridized carbons (Fsp3) is 0.533. The van der Waals surface area contributed by atoms with Crippen LogP contribution in [0.4, 0.5) is 0 Å². The van der Waals surface area contributed by atoms with Crippen LogP contribution in [0.3, 0.4) is 0 Å². The molecule has 0 radical (unpaired) electrons. The second-order valence-corrected chi connectivity index (χ2v) is 5.05. The van der Waals surface area contributed by atoms with Gasteiger partial charge >= 0.3 is 0 Å². The molecule has 0 spiro atoms. The van der Waals surface area contributed by atoms with Gasteiger partial charge in [0.15, 0.2) is 0 Å². The minimum atomic E-state index is 0.206. The van der Waals surface area contributed by atoms with Crippen molar-refractivity contribution >= 4 is 5.78 Å². The van der Waals surface area contributed by atoms with Crippen molar-refractivity contribution in [2.45, 2.75) is 45.6 Å². The number of ketones is 1. The highest BCUT2D eigenvalue weighted by atomic mass is 16.5. The zero-order chi connectivity index (χ0) is 12.3. The maximum Gasteiger partial charge on any atom is 0.136 e. The summed E-state index contributed by atoms with van der Waals surface area (Å²) in [7, 11) is 0. The predicted molar refractivity (Wildman–Crippen MR) is 68.3 cm³/mol. The largest absolute Gasteiger partial charge is 0.491 e. The molecule has 0 aliphatic heterocycles. The summed E-state index contributed by atoms with van der Waals surface area (Å²) >= 11 is 0. The zero-order valence-corrected chi connectivity index (χ0v) is 10.6. The molecule has 1 aromatic rings. The van der Waals surface area contributed by atoms with E-state index in [9.17, 15) is 4.79 Å². The molecule has 0 saturated heterocycles. The lowest BCUT2D eigenvalue weighted by Crippen LogP contribution is -2.05. The summed E-state index contributed by atoms with van der Waals surface area (Å²) in [5.74, 6) is 1.73. The smallest absolute Gasteiger partial charge is 0.136 e. The zero-order valence-electron chi connectivity index (χ0n) is 10.6. The molecule has 1 fully saturated rings. The minimum absolute atomic E-state index is 0.206. The molecule has 0 bridgehead atoms. The lowest BCUT2D eigenvalue weighted by molar-refractivity contribution is -0.120. The molecule has 1 aliphatic carbocycles. The van der Waals surface area contributed by atoms with Crippen molar-refractivity contribution < 1.29 is 9.53 Å². The molecular weight excluding hydrogens is 212 g/mol. The maximum absolute atomic E-state index is 11.6. The quantitative estimate of drug-likeness (QED) is 0.751. The van der Waals surface area contributed by atoms with Gasteiger partial charge in [0.1, 0.15) is 11.5 Å². The fourth-order valence-corrected chi connectivity index (χ4v) is 1.88. The number of hydrogen-bond donors (Lipinski definition) is 0. The van der Waals surface area contributed by atoms with E-state index in [-0.39, 0.29) is 6.10 Å². The Morgan fingerprint density at radius 2 is 1.94 bits per heavy atom. The van der Waals surface area contributed by atoms with Crippen LogP contribution in [-0.2, 0) is 11.2 Å². The molecular formula is C15H20O2. The van der Waals surface area contributed by atoms with Gasteiger partial charge in [-0.25, -0.2) is 0 Å². The van der Waals surface area contributed by atoms with Crippen LogP contribution in [0.15, 0.2) is 24.3 Å². The summed E-state index contributed by atoms with van der Waals surface area (Å²) in [4.78, 5) is 11.6. The fourth-order valence-electron chi connectivity index (χ4n) is 1.88. The molecule has 0 aromatic heterocycles. The summed E-state index contributed by atoms with van der Waals surface area (Å²) < 4.78 is 5.58. The van der Waals surface area contributed by atoms with Crippen molar-refractivity contribution in [2.24, 2.45) is 5.92 Å². The van der Waals surface area contributed by atoms with Crippen LogP contribution in [0.2, 0.25) is 0 Å². The lowest BCUT2D eigenvalue weighted by atomic mass is 10.1. The number of benzene rings is 1. The number of carbonyl (C=O) groups is 1. The first-order valence-corrected chi connectivity index (χ1v) is 6.43. The second kappa shape index (κ2) is 5.35. The van der Waals surface area contributed by atoms with E-state index in [0.717, 1.165) is 25.0 Å². The van der Waals surface area contributed by atoms with E-state index in [1.807, 2.05) is 26.0 Å². The van der Waals surface area contributed by atoms with Gasteiger partial charge in [0, 0.05) is 12.3 Å². The SMILES string of the molecule is CC(C)Oc1ccc(CCC(=O)C2CC2)cc1. The van der Waals surface area contributed by atoms with E-state index < -0.39 is 0 Å². The van der Waals surface area contributed by atoms with Gasteiger partial charge in [-0.3, -0.25) is 4.79 Å². The predicted octanol–water partition coefficient (Wildman–Crippen LogP) is 3.39. The first-order chi connectivity index (χ1) is 8.15. The second-order valence-electron chi connectivity index (χ2n) is 5.05. The number of Topliss-reactive ketones (excluding diaryl/α,β-unsaturated/α-hetero) is 1. The van der Waals surface area contributed by atoms with Crippen molar-refractivity contribution in [3.05, 3.63) is 29.8 Å². The van der Waals surface area contributed by atoms with Gasteiger partial charge in [0.25, 0.3) is 0 Å². The summed E-state index contributed by atoms with van der Waals surface area (Å²) in [6, 6.07) is 8.07. The standard InChI is InChI=1S/C15H20O2/c1-11(2)17-14-8-3-12(4-9-14)5-10-15(16)13-6-7-13/h3-4,8-9,11,13H,5-7,10H2,1-2H3. The summed E-state index contributed by atoms with van der Waals surface area (Å²) in [5, 5.41) is 0. The van der Waals surface area contributed by atoms with E-state index in [1.54, 1.807) is 0 Å². The molecule has 0 heterocycles. The Morgan fingerprint density at radius 3 is 2.47 bits per heavy atom. The molecule has 0 N–H and O–H groups in total. The molecule has 0 atom stereocenters. The molecule has 92 valence electrons. The summed E-state index contributed by atoms with van der Waals surface area (Å²) in [6.45, 7) is 4.03. The topological polar surface area (TPSA) is 26.3 Å². The normalized spacial score (nSPS) is 15.0. The monoisotopic (exact) mass is 232 g/mol. The van der Waals surface area contributed by atoms with Crippen LogP contribution in [-0.4, -0.2) is 11.9 Å². The van der Waals surface area contributed by atoms with Crippen LogP contribution >= 0.6 is 0 Å². The van der Waals surface area contributed by atoms with E-state index in [1.165, 1.54) is 5.56 Å². The van der Waals surface area contributed by atoms with Gasteiger partial charge in [-0.1, -0.05) is 12.1 Å². The highest BCUT2D eigenvalue weighted by Gasteiger charge is 2.28. The molecule has 1 saturated carbocycles. The maximum atomic E-state index is 11.6. The molecule has 2 nitrogen and oxygen atoms in total. The van der Waals surface area contributed by atoms with Crippen LogP contribution < -0.4 is 4.74 Å². The third kappa shape index (κ3) is 3.88. The Kier molecular flexibility index (Phi) is 3.82. The molecule has 2 rings (SSSR count). The van der Waals surface area contributed by atoms with Crippen LogP contribution in [0, 0.1) is 5.92 Å². The number of aryl methyl sites for hydroxylation is 1. The summed E-state index contributed by atoms with van der Waals surface area (Å²) in [5.41, 5.74) is 1.22. The minimum Gasteiger partial charge on any atom is -0.491 e. The molecule has 1 aliphatic rings.